The molecule has 1 atom stereocenters. The fourth-order valence-electron chi connectivity index (χ4n) is 3.56. The van der Waals surface area contributed by atoms with Crippen LogP contribution in [0.1, 0.15) is 19.3 Å². The Balaban J connectivity index is 1.89. The third kappa shape index (κ3) is 4.00. The Morgan fingerprint density at radius 2 is 2.12 bits per heavy atom. The number of para-hydroxylation sites is 1. The zero-order valence-corrected chi connectivity index (χ0v) is 15.4. The third-order valence-electron chi connectivity index (χ3n) is 5.01. The highest BCUT2D eigenvalue weighted by Gasteiger charge is 2.24. The summed E-state index contributed by atoms with van der Waals surface area (Å²) in [7, 11) is 2.08. The van der Waals surface area contributed by atoms with Crippen molar-refractivity contribution < 1.29 is 14.3 Å². The summed E-state index contributed by atoms with van der Waals surface area (Å²) in [4.78, 5) is 15.6. The number of halogens is 2. The highest BCUT2D eigenvalue weighted by Crippen LogP contribution is 2.33. The van der Waals surface area contributed by atoms with Crippen molar-refractivity contribution in [1.29, 1.82) is 0 Å². The maximum absolute atomic E-state index is 13.5. The molecule has 0 bridgehead atoms. The first kappa shape index (κ1) is 18.7. The lowest BCUT2D eigenvalue weighted by Gasteiger charge is -2.26. The molecule has 0 aromatic heterocycles. The highest BCUT2D eigenvalue weighted by atomic mass is 35.5. The second-order valence-corrected chi connectivity index (χ2v) is 7.05. The number of nitrogens with zero attached hydrogens (tertiary/aromatic N) is 2. The van der Waals surface area contributed by atoms with E-state index in [4.69, 9.17) is 11.6 Å². The molecule has 1 unspecified atom stereocenters. The van der Waals surface area contributed by atoms with Crippen molar-refractivity contribution >= 4 is 23.4 Å². The molecule has 0 aliphatic carbocycles. The molecule has 1 saturated heterocycles. The molecule has 3 rings (SSSR count). The number of benzene rings is 2. The van der Waals surface area contributed by atoms with Gasteiger partial charge in [0.05, 0.1) is 10.7 Å². The van der Waals surface area contributed by atoms with E-state index in [0.717, 1.165) is 31.4 Å². The van der Waals surface area contributed by atoms with Crippen LogP contribution in [0.4, 0.5) is 14.9 Å². The summed E-state index contributed by atoms with van der Waals surface area (Å²) >= 11 is 5.91. The van der Waals surface area contributed by atoms with Gasteiger partial charge < -0.3 is 10.0 Å². The molecule has 4 nitrogen and oxygen atoms in total. The first-order chi connectivity index (χ1) is 12.5. The molecule has 1 aliphatic heterocycles. The van der Waals surface area contributed by atoms with Crippen molar-refractivity contribution in [3.8, 4) is 11.1 Å². The number of hydrogen-bond acceptors (Lipinski definition) is 2. The minimum atomic E-state index is -0.994. The molecule has 1 fully saturated rings. The summed E-state index contributed by atoms with van der Waals surface area (Å²) in [6.07, 6.45) is 2.03. The van der Waals surface area contributed by atoms with E-state index in [1.54, 1.807) is 12.1 Å². The SMILES string of the molecule is CN1CCCC1CCN(C(=O)O)c1ccccc1-c1ccc(F)c(Cl)c1. The minimum absolute atomic E-state index is 0.0201. The van der Waals surface area contributed by atoms with Crippen LogP contribution in [-0.4, -0.2) is 42.3 Å². The van der Waals surface area contributed by atoms with Crippen molar-refractivity contribution in [3.63, 3.8) is 0 Å². The minimum Gasteiger partial charge on any atom is -0.465 e. The predicted octanol–water partition coefficient (Wildman–Crippen LogP) is 5.11. The van der Waals surface area contributed by atoms with Gasteiger partial charge in [0.1, 0.15) is 5.82 Å². The standard InChI is InChI=1S/C20H22ClFN2O2/c1-23-11-4-5-15(23)10-12-24(20(25)26)19-7-3-2-6-16(19)14-8-9-18(22)17(21)13-14/h2-3,6-9,13,15H,4-5,10-12H2,1H3,(H,25,26). The van der Waals surface area contributed by atoms with Crippen LogP contribution >= 0.6 is 11.6 Å². The van der Waals surface area contributed by atoms with Gasteiger partial charge in [-0.2, -0.15) is 0 Å². The first-order valence-electron chi connectivity index (χ1n) is 8.72. The topological polar surface area (TPSA) is 43.8 Å². The van der Waals surface area contributed by atoms with Gasteiger partial charge in [-0.3, -0.25) is 4.90 Å². The summed E-state index contributed by atoms with van der Waals surface area (Å²) in [5.41, 5.74) is 2.00. The Hall–Kier alpha value is -2.11. The number of amides is 1. The monoisotopic (exact) mass is 376 g/mol. The molecular weight excluding hydrogens is 355 g/mol. The number of likely N-dealkylation sites (tertiary alicyclic amines) is 1. The van der Waals surface area contributed by atoms with Crippen LogP contribution in [-0.2, 0) is 0 Å². The molecule has 0 spiro atoms. The van der Waals surface area contributed by atoms with Crippen LogP contribution in [0.5, 0.6) is 0 Å². The summed E-state index contributed by atoms with van der Waals surface area (Å²) < 4.78 is 13.5. The number of anilines is 1. The van der Waals surface area contributed by atoms with Crippen LogP contribution in [0, 0.1) is 5.82 Å². The van der Waals surface area contributed by atoms with E-state index >= 15 is 0 Å². The molecule has 2 aromatic carbocycles. The van der Waals surface area contributed by atoms with Crippen LogP contribution in [0.15, 0.2) is 42.5 Å². The zero-order chi connectivity index (χ0) is 18.7. The average Bonchev–Trinajstić information content (AvgIpc) is 3.03. The molecule has 0 saturated carbocycles. The van der Waals surface area contributed by atoms with Crippen LogP contribution in [0.2, 0.25) is 5.02 Å². The van der Waals surface area contributed by atoms with E-state index in [2.05, 4.69) is 11.9 Å². The lowest BCUT2D eigenvalue weighted by molar-refractivity contribution is 0.200. The molecule has 2 aromatic rings. The van der Waals surface area contributed by atoms with Crippen molar-refractivity contribution in [3.05, 3.63) is 53.3 Å². The molecule has 1 amide bonds. The van der Waals surface area contributed by atoms with Gasteiger partial charge in [-0.1, -0.05) is 35.9 Å². The van der Waals surface area contributed by atoms with Gasteiger partial charge >= 0.3 is 6.09 Å². The van der Waals surface area contributed by atoms with Gasteiger partial charge in [0, 0.05) is 18.2 Å². The Morgan fingerprint density at radius 3 is 2.77 bits per heavy atom. The van der Waals surface area contributed by atoms with Crippen LogP contribution in [0.25, 0.3) is 11.1 Å². The van der Waals surface area contributed by atoms with Crippen molar-refractivity contribution in [2.45, 2.75) is 25.3 Å². The van der Waals surface area contributed by atoms with E-state index in [9.17, 15) is 14.3 Å². The zero-order valence-electron chi connectivity index (χ0n) is 14.7. The Bertz CT molecular complexity index is 799. The highest BCUT2D eigenvalue weighted by molar-refractivity contribution is 6.31. The Kier molecular flexibility index (Phi) is 5.79. The Morgan fingerprint density at radius 1 is 1.35 bits per heavy atom. The van der Waals surface area contributed by atoms with Crippen molar-refractivity contribution in [1.82, 2.24) is 4.90 Å². The molecule has 0 radical (unpaired) electrons. The quantitative estimate of drug-likeness (QED) is 0.788. The molecular formula is C20H22ClFN2O2. The molecule has 1 N–H and O–H groups in total. The van der Waals surface area contributed by atoms with Crippen molar-refractivity contribution in [2.24, 2.45) is 0 Å². The van der Waals surface area contributed by atoms with E-state index in [0.29, 0.717) is 23.8 Å². The smallest absolute Gasteiger partial charge is 0.411 e. The van der Waals surface area contributed by atoms with E-state index in [1.807, 2.05) is 18.2 Å². The van der Waals surface area contributed by atoms with Gasteiger partial charge in [0.2, 0.25) is 0 Å². The second kappa shape index (κ2) is 8.06. The van der Waals surface area contributed by atoms with Crippen molar-refractivity contribution in [2.75, 3.05) is 25.0 Å². The molecule has 138 valence electrons. The second-order valence-electron chi connectivity index (χ2n) is 6.65. The lowest BCUT2D eigenvalue weighted by atomic mass is 10.0. The van der Waals surface area contributed by atoms with Gasteiger partial charge in [0.25, 0.3) is 0 Å². The molecule has 6 heteroatoms. The van der Waals surface area contributed by atoms with Gasteiger partial charge in [0.15, 0.2) is 0 Å². The number of carbonyl (C=O) groups is 1. The average molecular weight is 377 g/mol. The van der Waals surface area contributed by atoms with Gasteiger partial charge in [-0.05, 0) is 56.6 Å². The third-order valence-corrected chi connectivity index (χ3v) is 5.30. The maximum Gasteiger partial charge on any atom is 0.411 e. The molecule has 1 heterocycles. The normalized spacial score (nSPS) is 17.4. The molecule has 26 heavy (non-hydrogen) atoms. The van der Waals surface area contributed by atoms with Crippen LogP contribution in [0.3, 0.4) is 0 Å². The summed E-state index contributed by atoms with van der Waals surface area (Å²) in [5, 5.41) is 9.78. The van der Waals surface area contributed by atoms with Gasteiger partial charge in [-0.25, -0.2) is 9.18 Å². The Labute approximate surface area is 157 Å². The maximum atomic E-state index is 13.5. The lowest BCUT2D eigenvalue weighted by Crippen LogP contribution is -2.35. The fourth-order valence-corrected chi connectivity index (χ4v) is 3.74. The number of carboxylic acid groups (broad SMARTS) is 1. The first-order valence-corrected chi connectivity index (χ1v) is 9.10. The van der Waals surface area contributed by atoms with E-state index in [-0.39, 0.29) is 5.02 Å². The van der Waals surface area contributed by atoms with E-state index in [1.165, 1.54) is 17.0 Å². The summed E-state index contributed by atoms with van der Waals surface area (Å²) in [6, 6.07) is 12.1. The predicted molar refractivity (Wildman–Crippen MR) is 102 cm³/mol. The number of hydrogen-bond donors (Lipinski definition) is 1. The van der Waals surface area contributed by atoms with Crippen LogP contribution < -0.4 is 4.90 Å². The summed E-state index contributed by atoms with van der Waals surface area (Å²) in [5.74, 6) is -0.493. The summed E-state index contributed by atoms with van der Waals surface area (Å²) in [6.45, 7) is 1.47. The largest absolute Gasteiger partial charge is 0.465 e. The number of rotatable bonds is 5. The van der Waals surface area contributed by atoms with E-state index < -0.39 is 11.9 Å². The van der Waals surface area contributed by atoms with Gasteiger partial charge in [-0.15, -0.1) is 0 Å². The molecule has 1 aliphatic rings. The fraction of sp³-hybridized carbons (Fsp3) is 0.350.